The Hall–Kier alpha value is -4.09. The normalized spacial score (nSPS) is 11.9. The number of anilines is 4. The molecule has 7 heterocycles. The first-order valence-electron chi connectivity index (χ1n) is 24.8. The number of imidazole rings is 1. The Balaban J connectivity index is 0.000000168. The molecule has 0 saturated carbocycles. The fraction of sp³-hybridized carbons (Fsp3) is 0.222. The number of nitrogens with zero attached hydrogens (tertiary/aromatic N) is 6. The summed E-state index contributed by atoms with van der Waals surface area (Å²) >= 11 is 18.8. The van der Waals surface area contributed by atoms with E-state index >= 15 is 0 Å². The van der Waals surface area contributed by atoms with Crippen molar-refractivity contribution >= 4 is 229 Å². The van der Waals surface area contributed by atoms with Crippen LogP contribution in [0.3, 0.4) is 0 Å². The number of nitrogens with one attached hydrogen (secondary N) is 2. The van der Waals surface area contributed by atoms with E-state index in [1.807, 2.05) is 67.9 Å². The molecular weight excluding hydrogens is 1510 g/mol. The number of hydrogen-bond donors (Lipinski definition) is 3. The second-order valence-corrected chi connectivity index (χ2v) is 30.5. The van der Waals surface area contributed by atoms with Crippen LogP contribution in [0, 0.1) is 0 Å². The van der Waals surface area contributed by atoms with Gasteiger partial charge in [-0.25, -0.2) is 19.9 Å². The van der Waals surface area contributed by atoms with Crippen molar-refractivity contribution in [2.75, 3.05) is 52.6 Å². The van der Waals surface area contributed by atoms with E-state index < -0.39 is 16.5 Å². The molecule has 2 amide bonds. The molecule has 0 atom stereocenters. The van der Waals surface area contributed by atoms with Gasteiger partial charge in [-0.2, -0.15) is 39.5 Å². The Kier molecular flexibility index (Phi) is 22.7. The summed E-state index contributed by atoms with van der Waals surface area (Å²) in [6.07, 6.45) is 3.43. The highest BCUT2D eigenvalue weighted by Gasteiger charge is 2.33. The summed E-state index contributed by atoms with van der Waals surface area (Å²) in [7, 11) is 4.94. The lowest BCUT2D eigenvalue weighted by Crippen LogP contribution is -2.27. The highest BCUT2D eigenvalue weighted by molar-refractivity contribution is 9.11. The average Bonchev–Trinajstić information content (AvgIpc) is 1.88. The maximum atomic E-state index is 13.2. The quantitative estimate of drug-likeness (QED) is 0.0661. The van der Waals surface area contributed by atoms with E-state index in [1.165, 1.54) is 59.0 Å². The molecule has 0 bridgehead atoms. The highest BCUT2D eigenvalue weighted by Crippen LogP contribution is 2.47. The zero-order valence-corrected chi connectivity index (χ0v) is 57.2. The number of amides is 2. The molecule has 10 aromatic rings. The maximum absolute atomic E-state index is 13.2. The largest absolute Gasteiger partial charge is 0.446 e. The summed E-state index contributed by atoms with van der Waals surface area (Å²) in [6, 6.07) is 21.7. The van der Waals surface area contributed by atoms with Crippen LogP contribution >= 0.6 is 152 Å². The molecular formula is C54H43Br3F9N9O2S9. The van der Waals surface area contributed by atoms with Gasteiger partial charge in [-0.15, -0.1) is 69.3 Å². The lowest BCUT2D eigenvalue weighted by molar-refractivity contribution is -0.0337. The number of aryl methyl sites for hydroxylation is 1. The van der Waals surface area contributed by atoms with Crippen LogP contribution in [-0.4, -0.2) is 84.2 Å². The van der Waals surface area contributed by atoms with Gasteiger partial charge in [-0.05, 0) is 107 Å². The highest BCUT2D eigenvalue weighted by atomic mass is 79.9. The summed E-state index contributed by atoms with van der Waals surface area (Å²) < 4.78 is 122. The van der Waals surface area contributed by atoms with Crippen LogP contribution in [-0.2, 0) is 7.05 Å². The van der Waals surface area contributed by atoms with Gasteiger partial charge in [0, 0.05) is 113 Å². The zero-order valence-electron chi connectivity index (χ0n) is 45.1. The molecule has 3 aromatic carbocycles. The van der Waals surface area contributed by atoms with Gasteiger partial charge in [0.2, 0.25) is 0 Å². The Morgan fingerprint density at radius 2 is 1.08 bits per heavy atom. The molecule has 0 radical (unpaired) electrons. The Labute approximate surface area is 548 Å². The zero-order chi connectivity index (χ0) is 62.6. The van der Waals surface area contributed by atoms with Gasteiger partial charge in [-0.3, -0.25) is 14.5 Å². The molecule has 0 unspecified atom stereocenters. The van der Waals surface area contributed by atoms with Gasteiger partial charge >= 0.3 is 16.5 Å². The average molecular weight is 1550 g/mol. The predicted molar refractivity (Wildman–Crippen MR) is 354 cm³/mol. The van der Waals surface area contributed by atoms with E-state index in [-0.39, 0.29) is 79.0 Å². The third-order valence-corrected chi connectivity index (χ3v) is 21.9. The van der Waals surface area contributed by atoms with E-state index in [0.717, 1.165) is 92.9 Å². The van der Waals surface area contributed by atoms with Crippen LogP contribution in [0.5, 0.6) is 0 Å². The minimum atomic E-state index is -4.44. The van der Waals surface area contributed by atoms with E-state index in [0.29, 0.717) is 32.6 Å². The number of nitrogens with two attached hydrogens (primary N) is 1. The molecule has 11 nitrogen and oxygen atoms in total. The van der Waals surface area contributed by atoms with Crippen LogP contribution in [0.25, 0.3) is 52.1 Å². The minimum Gasteiger partial charge on any atom is -0.396 e. The second-order valence-electron chi connectivity index (χ2n) is 17.4. The van der Waals surface area contributed by atoms with E-state index in [1.54, 1.807) is 53.7 Å². The van der Waals surface area contributed by atoms with Crippen molar-refractivity contribution in [3.63, 3.8) is 0 Å². The molecule has 0 saturated heterocycles. The summed E-state index contributed by atoms with van der Waals surface area (Å²) in [6.45, 7) is 6.09. The number of thiophene rings is 3. The molecule has 0 aliphatic carbocycles. The van der Waals surface area contributed by atoms with Crippen molar-refractivity contribution in [1.82, 2.24) is 24.5 Å². The lowest BCUT2D eigenvalue weighted by Gasteiger charge is -2.18. The number of nitrogen functional groups attached to an aromatic ring is 1. The number of hydrogen-bond acceptors (Lipinski definition) is 17. The first-order valence-corrected chi connectivity index (χ1v) is 35.0. The van der Waals surface area contributed by atoms with Crippen LogP contribution in [0.1, 0.15) is 40.1 Å². The summed E-state index contributed by atoms with van der Waals surface area (Å²) in [5.74, 6) is 2.90. The number of halogens is 12. The third-order valence-electron chi connectivity index (χ3n) is 11.5. The number of aromatic nitrogens is 5. The molecule has 0 spiro atoms. The van der Waals surface area contributed by atoms with Gasteiger partial charge in [-0.1, -0.05) is 86.8 Å². The van der Waals surface area contributed by atoms with E-state index in [2.05, 4.69) is 97.4 Å². The smallest absolute Gasteiger partial charge is 0.396 e. The molecule has 86 heavy (non-hydrogen) atoms. The van der Waals surface area contributed by atoms with Crippen molar-refractivity contribution in [2.24, 2.45) is 7.05 Å². The molecule has 32 heteroatoms. The molecule has 10 rings (SSSR count). The molecule has 4 N–H and O–H groups in total. The van der Waals surface area contributed by atoms with E-state index in [4.69, 9.17) is 5.73 Å². The van der Waals surface area contributed by atoms with Crippen LogP contribution < -0.4 is 21.3 Å². The fourth-order valence-electron chi connectivity index (χ4n) is 8.17. The van der Waals surface area contributed by atoms with Gasteiger partial charge in [0.25, 0.3) is 11.8 Å². The fourth-order valence-corrected chi connectivity index (χ4v) is 18.3. The van der Waals surface area contributed by atoms with Gasteiger partial charge in [0.05, 0.1) is 16.3 Å². The summed E-state index contributed by atoms with van der Waals surface area (Å²) in [5, 5.41) is 8.63. The molecule has 0 aliphatic rings. The predicted octanol–water partition coefficient (Wildman–Crippen LogP) is 21.1. The van der Waals surface area contributed by atoms with Crippen molar-refractivity contribution in [3.8, 4) is 10.7 Å². The van der Waals surface area contributed by atoms with Crippen molar-refractivity contribution in [1.29, 1.82) is 0 Å². The number of fused-ring (bicyclic) bond motifs is 4. The first kappa shape index (κ1) is 67.8. The number of rotatable bonds is 15. The summed E-state index contributed by atoms with van der Waals surface area (Å²) in [4.78, 5) is 49.1. The van der Waals surface area contributed by atoms with Crippen molar-refractivity contribution in [3.05, 3.63) is 115 Å². The Morgan fingerprint density at radius 1 is 0.628 bits per heavy atom. The second kappa shape index (κ2) is 28.8. The standard InChI is InChI=1S/2C18H15BrF3N3OS3.C18H13BrF3N3S3/c1-3-27-14-11-5-4-9(19)6-13(11)28-15(14)17(26)25(2)16-12(23)7-10(8-24-16)29-18(20,21)22;1-3-27-14-11-5-4-9(19)6-13(11)28-15(14)17(26)25-12-7-10(29-18(20,21)22)8-24-16(12)23-2;1-3-26-14-11-5-4-9(19)6-13(11)27-15(14)17-24-12-7-10(28-18(20,21)22)8-23-16(12)25(17)2/h4-8H,3,23H2,1-2H3;4-8H,3H2,1-2H3,(H,23,24)(H,25,26);4-8H,3H2,1-2H3. The maximum Gasteiger partial charge on any atom is 0.446 e. The molecule has 454 valence electrons. The third kappa shape index (κ3) is 16.8. The van der Waals surface area contributed by atoms with Gasteiger partial charge in [0.15, 0.2) is 17.3 Å². The van der Waals surface area contributed by atoms with Gasteiger partial charge in [0.1, 0.15) is 21.1 Å². The number of thioether (sulfide) groups is 6. The SMILES string of the molecule is CCSc1c(-c2nc3cc(SC(F)(F)F)cnc3n2C)sc2cc(Br)ccc12.CCSc1c(C(=O)N(C)c2ncc(SC(F)(F)F)cc2N)sc2cc(Br)ccc12.CCSc1c(C(=O)Nc2cc(SC(F)(F)F)cnc2NC)sc2cc(Br)ccc12. The number of carbonyl (C=O) groups excluding carboxylic acids is 2. The topological polar surface area (TPSA) is 144 Å². The number of benzene rings is 3. The summed E-state index contributed by atoms with van der Waals surface area (Å²) in [5.41, 5.74) is -6.10. The van der Waals surface area contributed by atoms with Crippen molar-refractivity contribution in [2.45, 2.75) is 66.7 Å². The van der Waals surface area contributed by atoms with Crippen LogP contribution in [0.15, 0.2) is 134 Å². The van der Waals surface area contributed by atoms with Crippen LogP contribution in [0.4, 0.5) is 62.5 Å². The van der Waals surface area contributed by atoms with E-state index in [9.17, 15) is 49.1 Å². The number of alkyl halides is 9. The Morgan fingerprint density at radius 3 is 1.59 bits per heavy atom. The van der Waals surface area contributed by atoms with Gasteiger partial charge < -0.3 is 20.9 Å². The lowest BCUT2D eigenvalue weighted by atomic mass is 10.2. The minimum absolute atomic E-state index is 0.00338. The molecule has 0 fully saturated rings. The molecule has 0 aliphatic heterocycles. The van der Waals surface area contributed by atoms with Crippen LogP contribution in [0.2, 0.25) is 0 Å². The van der Waals surface area contributed by atoms with Crippen molar-refractivity contribution < 1.29 is 49.1 Å². The number of pyridine rings is 3. The Bertz CT molecular complexity index is 4140. The first-order chi connectivity index (χ1) is 40.6. The molecule has 7 aromatic heterocycles. The monoisotopic (exact) mass is 1540 g/mol. The number of carbonyl (C=O) groups is 2.